The van der Waals surface area contributed by atoms with Crippen LogP contribution in [-0.2, 0) is 21.4 Å². The van der Waals surface area contributed by atoms with Gasteiger partial charge in [0.05, 0.1) is 11.4 Å². The van der Waals surface area contributed by atoms with Crippen LogP contribution in [0.25, 0.3) is 11.4 Å². The van der Waals surface area contributed by atoms with Gasteiger partial charge < -0.3 is 5.32 Å². The molecule has 1 saturated heterocycles. The number of nitrogens with one attached hydrogen (secondary N) is 1. The zero-order valence-corrected chi connectivity index (χ0v) is 16.6. The lowest BCUT2D eigenvalue weighted by atomic mass is 10.1. The lowest BCUT2D eigenvalue weighted by Gasteiger charge is -2.17. The van der Waals surface area contributed by atoms with Gasteiger partial charge in [0.15, 0.2) is 0 Å². The van der Waals surface area contributed by atoms with Crippen LogP contribution in [0.4, 0.5) is 11.4 Å². The highest BCUT2D eigenvalue weighted by atomic mass is 32.2. The summed E-state index contributed by atoms with van der Waals surface area (Å²) in [6.45, 7) is 2.39. The van der Waals surface area contributed by atoms with Gasteiger partial charge in [-0.1, -0.05) is 29.8 Å². The minimum Gasteiger partial charge on any atom is -0.324 e. The zero-order valence-electron chi connectivity index (χ0n) is 15.8. The normalized spacial score (nSPS) is 15.4. The van der Waals surface area contributed by atoms with Gasteiger partial charge in [-0.15, -0.1) is 10.2 Å². The van der Waals surface area contributed by atoms with E-state index in [0.29, 0.717) is 30.2 Å². The second kappa shape index (κ2) is 7.63. The van der Waals surface area contributed by atoms with Crippen molar-refractivity contribution in [3.05, 3.63) is 54.1 Å². The summed E-state index contributed by atoms with van der Waals surface area (Å²) in [7, 11) is -3.22. The largest absolute Gasteiger partial charge is 0.324 e. The average Bonchev–Trinajstić information content (AvgIpc) is 3.29. The zero-order chi connectivity index (χ0) is 20.4. The number of sulfonamides is 1. The molecule has 0 aliphatic carbocycles. The van der Waals surface area contributed by atoms with Gasteiger partial charge in [0.1, 0.15) is 6.54 Å². The van der Waals surface area contributed by atoms with E-state index in [0.717, 1.165) is 11.1 Å². The molecule has 1 amide bonds. The summed E-state index contributed by atoms with van der Waals surface area (Å²) >= 11 is 0. The van der Waals surface area contributed by atoms with Crippen molar-refractivity contribution in [1.82, 2.24) is 20.2 Å². The van der Waals surface area contributed by atoms with Gasteiger partial charge in [0.25, 0.3) is 0 Å². The number of aryl methyl sites for hydroxylation is 1. The second-order valence-corrected chi connectivity index (χ2v) is 8.86. The van der Waals surface area contributed by atoms with E-state index < -0.39 is 10.0 Å². The molecular formula is C19H20N6O3S. The summed E-state index contributed by atoms with van der Waals surface area (Å²) < 4.78 is 25.4. The number of aromatic nitrogens is 4. The first kappa shape index (κ1) is 19.1. The summed E-state index contributed by atoms with van der Waals surface area (Å²) in [6, 6.07) is 14.4. The number of benzene rings is 2. The Morgan fingerprint density at radius 1 is 1.10 bits per heavy atom. The SMILES string of the molecule is Cc1ccc(-c2nnn(CC(=O)Nc3ccc(N4CCCS4(=O)=O)cc3)n2)cc1. The van der Waals surface area contributed by atoms with Crippen molar-refractivity contribution < 1.29 is 13.2 Å². The number of hydrogen-bond donors (Lipinski definition) is 1. The fourth-order valence-electron chi connectivity index (χ4n) is 3.10. The highest BCUT2D eigenvalue weighted by Gasteiger charge is 2.28. The molecule has 0 radical (unpaired) electrons. The van der Waals surface area contributed by atoms with E-state index in [1.54, 1.807) is 24.3 Å². The van der Waals surface area contributed by atoms with E-state index in [1.165, 1.54) is 9.10 Å². The van der Waals surface area contributed by atoms with Crippen LogP contribution in [0.2, 0.25) is 0 Å². The molecule has 0 saturated carbocycles. The Balaban J connectivity index is 1.38. The van der Waals surface area contributed by atoms with Crippen LogP contribution in [0.1, 0.15) is 12.0 Å². The van der Waals surface area contributed by atoms with E-state index in [2.05, 4.69) is 20.7 Å². The summed E-state index contributed by atoms with van der Waals surface area (Å²) in [5.41, 5.74) is 3.12. The molecule has 0 bridgehead atoms. The van der Waals surface area contributed by atoms with E-state index >= 15 is 0 Å². The van der Waals surface area contributed by atoms with E-state index in [-0.39, 0.29) is 18.2 Å². The number of carbonyl (C=O) groups excluding carboxylic acids is 1. The highest BCUT2D eigenvalue weighted by molar-refractivity contribution is 7.93. The van der Waals surface area contributed by atoms with Gasteiger partial charge >= 0.3 is 0 Å². The van der Waals surface area contributed by atoms with Gasteiger partial charge in [0, 0.05) is 17.8 Å². The van der Waals surface area contributed by atoms with Gasteiger partial charge in [-0.2, -0.15) is 4.80 Å². The predicted octanol–water partition coefficient (Wildman–Crippen LogP) is 1.83. The minimum atomic E-state index is -3.22. The first-order chi connectivity index (χ1) is 13.9. The molecule has 1 aliphatic heterocycles. The molecule has 9 nitrogen and oxygen atoms in total. The maximum atomic E-state index is 12.3. The van der Waals surface area contributed by atoms with E-state index in [4.69, 9.17) is 0 Å². The number of amides is 1. The molecule has 10 heteroatoms. The molecule has 2 aromatic carbocycles. The Bertz CT molecular complexity index is 1120. The number of tetrazole rings is 1. The summed E-state index contributed by atoms with van der Waals surface area (Å²) in [4.78, 5) is 13.5. The Labute approximate surface area is 168 Å². The van der Waals surface area contributed by atoms with Gasteiger partial charge in [0.2, 0.25) is 21.8 Å². The van der Waals surface area contributed by atoms with E-state index in [1.807, 2.05) is 31.2 Å². The van der Waals surface area contributed by atoms with Crippen molar-refractivity contribution in [3.63, 3.8) is 0 Å². The average molecular weight is 412 g/mol. The summed E-state index contributed by atoms with van der Waals surface area (Å²) in [6.07, 6.45) is 0.621. The van der Waals surface area contributed by atoms with Crippen LogP contribution < -0.4 is 9.62 Å². The Hall–Kier alpha value is -3.27. The standard InChI is InChI=1S/C19H20N6O3S/c1-14-3-5-15(6-4-14)19-21-23-25(22-19)13-18(26)20-16-7-9-17(10-8-16)24-11-2-12-29(24,27)28/h3-10H,2,11-13H2,1H3,(H,20,26). The third-order valence-corrected chi connectivity index (χ3v) is 6.46. The molecule has 29 heavy (non-hydrogen) atoms. The number of anilines is 2. The predicted molar refractivity (Wildman–Crippen MR) is 109 cm³/mol. The van der Waals surface area contributed by atoms with Crippen LogP contribution in [-0.4, -0.2) is 46.8 Å². The first-order valence-electron chi connectivity index (χ1n) is 9.16. The maximum absolute atomic E-state index is 12.3. The van der Waals surface area contributed by atoms with Crippen molar-refractivity contribution in [1.29, 1.82) is 0 Å². The molecule has 4 rings (SSSR count). The lowest BCUT2D eigenvalue weighted by Crippen LogP contribution is -2.25. The molecule has 150 valence electrons. The van der Waals surface area contributed by atoms with Gasteiger partial charge in [-0.05, 0) is 42.8 Å². The number of carbonyl (C=O) groups is 1. The van der Waals surface area contributed by atoms with Crippen LogP contribution in [0.5, 0.6) is 0 Å². The van der Waals surface area contributed by atoms with Gasteiger partial charge in [-0.25, -0.2) is 8.42 Å². The molecular weight excluding hydrogens is 392 g/mol. The maximum Gasteiger partial charge on any atom is 0.248 e. The molecule has 0 spiro atoms. The van der Waals surface area contributed by atoms with Gasteiger partial charge in [-0.3, -0.25) is 9.10 Å². The number of rotatable bonds is 5. The minimum absolute atomic E-state index is 0.0822. The third kappa shape index (κ3) is 4.27. The third-order valence-electron chi connectivity index (χ3n) is 4.59. The molecule has 2 heterocycles. The van der Waals surface area contributed by atoms with Crippen molar-refractivity contribution >= 4 is 27.3 Å². The smallest absolute Gasteiger partial charge is 0.248 e. The molecule has 3 aromatic rings. The molecule has 1 aliphatic rings. The topological polar surface area (TPSA) is 110 Å². The Morgan fingerprint density at radius 2 is 1.83 bits per heavy atom. The number of nitrogens with zero attached hydrogens (tertiary/aromatic N) is 5. The molecule has 0 unspecified atom stereocenters. The first-order valence-corrected chi connectivity index (χ1v) is 10.8. The fraction of sp³-hybridized carbons (Fsp3) is 0.263. The van der Waals surface area contributed by atoms with Crippen molar-refractivity contribution in [3.8, 4) is 11.4 Å². The molecule has 1 fully saturated rings. The monoisotopic (exact) mass is 412 g/mol. The van der Waals surface area contributed by atoms with Crippen molar-refractivity contribution in [2.75, 3.05) is 21.9 Å². The van der Waals surface area contributed by atoms with Crippen molar-refractivity contribution in [2.45, 2.75) is 19.9 Å². The number of hydrogen-bond acceptors (Lipinski definition) is 6. The van der Waals surface area contributed by atoms with Crippen LogP contribution in [0.15, 0.2) is 48.5 Å². The summed E-state index contributed by atoms with van der Waals surface area (Å²) in [5, 5.41) is 14.9. The Morgan fingerprint density at radius 3 is 2.48 bits per heavy atom. The highest BCUT2D eigenvalue weighted by Crippen LogP contribution is 2.25. The molecule has 1 aromatic heterocycles. The summed E-state index contributed by atoms with van der Waals surface area (Å²) in [5.74, 6) is 0.314. The van der Waals surface area contributed by atoms with Crippen LogP contribution in [0, 0.1) is 6.92 Å². The van der Waals surface area contributed by atoms with E-state index in [9.17, 15) is 13.2 Å². The lowest BCUT2D eigenvalue weighted by molar-refractivity contribution is -0.117. The van der Waals surface area contributed by atoms with Crippen LogP contribution >= 0.6 is 0 Å². The van der Waals surface area contributed by atoms with Crippen LogP contribution in [0.3, 0.4) is 0 Å². The molecule has 1 N–H and O–H groups in total. The quantitative estimate of drug-likeness (QED) is 0.685. The Kier molecular flexibility index (Phi) is 5.01. The fourth-order valence-corrected chi connectivity index (χ4v) is 4.66. The van der Waals surface area contributed by atoms with Crippen molar-refractivity contribution in [2.24, 2.45) is 0 Å². The molecule has 0 atom stereocenters. The second-order valence-electron chi connectivity index (χ2n) is 6.85.